The Balaban J connectivity index is 2.43. The van der Waals surface area contributed by atoms with Crippen molar-refractivity contribution in [3.05, 3.63) is 24.0 Å². The number of esters is 1. The fourth-order valence-corrected chi connectivity index (χ4v) is 1.47. The lowest BCUT2D eigenvalue weighted by atomic mass is 10.2. The van der Waals surface area contributed by atoms with Gasteiger partial charge in [0.1, 0.15) is 5.60 Å². The van der Waals surface area contributed by atoms with Gasteiger partial charge in [0.2, 0.25) is 0 Å². The van der Waals surface area contributed by atoms with Crippen LogP contribution in [0.1, 0.15) is 27.2 Å². The van der Waals surface area contributed by atoms with Gasteiger partial charge in [-0.1, -0.05) is 0 Å². The molecule has 0 heterocycles. The lowest BCUT2D eigenvalue weighted by Gasteiger charge is -2.19. The van der Waals surface area contributed by atoms with Crippen LogP contribution < -0.4 is 10.1 Å². The highest BCUT2D eigenvalue weighted by Crippen LogP contribution is 2.21. The number of halogens is 1. The van der Waals surface area contributed by atoms with E-state index in [2.05, 4.69) is 5.32 Å². The molecule has 1 aromatic carbocycles. The maximum Gasteiger partial charge on any atom is 0.308 e. The highest BCUT2D eigenvalue weighted by molar-refractivity contribution is 5.70. The second-order valence-electron chi connectivity index (χ2n) is 5.11. The zero-order valence-electron chi connectivity index (χ0n) is 11.7. The van der Waals surface area contributed by atoms with E-state index < -0.39 is 11.4 Å². The molecule has 0 bridgehead atoms. The summed E-state index contributed by atoms with van der Waals surface area (Å²) in [6.45, 7) is 5.89. The monoisotopic (exact) mass is 269 g/mol. The molecule has 0 aromatic heterocycles. The Hall–Kier alpha value is -1.78. The van der Waals surface area contributed by atoms with Crippen LogP contribution in [0.25, 0.3) is 0 Å². The molecule has 0 saturated heterocycles. The van der Waals surface area contributed by atoms with E-state index in [9.17, 15) is 9.18 Å². The first kappa shape index (κ1) is 15.3. The van der Waals surface area contributed by atoms with E-state index in [1.807, 2.05) is 20.8 Å². The average molecular weight is 269 g/mol. The van der Waals surface area contributed by atoms with Crippen molar-refractivity contribution in [3.63, 3.8) is 0 Å². The third kappa shape index (κ3) is 5.59. The largest absolute Gasteiger partial charge is 0.494 e. The standard InChI is InChI=1S/C14H20FNO3/c1-14(2,3)19-13(17)7-8-16-10-5-6-11(15)12(9-10)18-4/h5-6,9,16H,7-8H2,1-4H3. The van der Waals surface area contributed by atoms with Gasteiger partial charge in [-0.25, -0.2) is 4.39 Å². The smallest absolute Gasteiger partial charge is 0.308 e. The van der Waals surface area contributed by atoms with Crippen LogP contribution in [-0.4, -0.2) is 25.2 Å². The number of carbonyl (C=O) groups excluding carboxylic acids is 1. The van der Waals surface area contributed by atoms with Crippen LogP contribution in [0.3, 0.4) is 0 Å². The minimum absolute atomic E-state index is 0.169. The summed E-state index contributed by atoms with van der Waals surface area (Å²) in [5.41, 5.74) is 0.220. The topological polar surface area (TPSA) is 47.6 Å². The lowest BCUT2D eigenvalue weighted by Crippen LogP contribution is -2.25. The van der Waals surface area contributed by atoms with Crippen LogP contribution in [0.15, 0.2) is 18.2 Å². The number of ether oxygens (including phenoxy) is 2. The molecule has 1 aromatic rings. The summed E-state index contributed by atoms with van der Waals surface area (Å²) in [5.74, 6) is -0.517. The van der Waals surface area contributed by atoms with Crippen molar-refractivity contribution in [1.29, 1.82) is 0 Å². The van der Waals surface area contributed by atoms with Crippen LogP contribution in [0.4, 0.5) is 10.1 Å². The van der Waals surface area contributed by atoms with Crippen molar-refractivity contribution in [1.82, 2.24) is 0 Å². The van der Waals surface area contributed by atoms with Gasteiger partial charge in [-0.15, -0.1) is 0 Å². The number of hydrogen-bond donors (Lipinski definition) is 1. The molecule has 1 rings (SSSR count). The number of methoxy groups -OCH3 is 1. The number of carbonyl (C=O) groups is 1. The van der Waals surface area contributed by atoms with E-state index in [4.69, 9.17) is 9.47 Å². The molecule has 0 aliphatic carbocycles. The molecular weight excluding hydrogens is 249 g/mol. The van der Waals surface area contributed by atoms with Gasteiger partial charge in [-0.3, -0.25) is 4.79 Å². The summed E-state index contributed by atoms with van der Waals surface area (Å²) in [6, 6.07) is 4.45. The molecule has 0 amide bonds. The zero-order valence-corrected chi connectivity index (χ0v) is 11.7. The minimum Gasteiger partial charge on any atom is -0.494 e. The maximum atomic E-state index is 13.2. The Morgan fingerprint density at radius 3 is 2.63 bits per heavy atom. The predicted octanol–water partition coefficient (Wildman–Crippen LogP) is 2.98. The maximum absolute atomic E-state index is 13.2. The second kappa shape index (κ2) is 6.41. The molecule has 5 heteroatoms. The number of hydrogen-bond acceptors (Lipinski definition) is 4. The summed E-state index contributed by atoms with van der Waals surface area (Å²) in [5, 5.41) is 3.02. The summed E-state index contributed by atoms with van der Waals surface area (Å²) in [4.78, 5) is 11.5. The van der Waals surface area contributed by atoms with E-state index >= 15 is 0 Å². The fourth-order valence-electron chi connectivity index (χ4n) is 1.47. The number of rotatable bonds is 5. The fraction of sp³-hybridized carbons (Fsp3) is 0.500. The van der Waals surface area contributed by atoms with Gasteiger partial charge >= 0.3 is 5.97 Å². The van der Waals surface area contributed by atoms with Crippen LogP contribution in [0.2, 0.25) is 0 Å². The first-order valence-electron chi connectivity index (χ1n) is 6.11. The Labute approximate surface area is 112 Å². The van der Waals surface area contributed by atoms with Crippen LogP contribution in [0.5, 0.6) is 5.75 Å². The predicted molar refractivity (Wildman–Crippen MR) is 71.9 cm³/mol. The van der Waals surface area contributed by atoms with Gasteiger partial charge in [-0.05, 0) is 32.9 Å². The molecular formula is C14H20FNO3. The average Bonchev–Trinajstić information content (AvgIpc) is 2.29. The molecule has 0 saturated carbocycles. The number of anilines is 1. The molecule has 0 radical (unpaired) electrons. The quantitative estimate of drug-likeness (QED) is 0.835. The van der Waals surface area contributed by atoms with E-state index in [0.29, 0.717) is 12.2 Å². The summed E-state index contributed by atoms with van der Waals surface area (Å²) >= 11 is 0. The van der Waals surface area contributed by atoms with Crippen LogP contribution in [0, 0.1) is 5.82 Å². The van der Waals surface area contributed by atoms with E-state index in [1.165, 1.54) is 13.2 Å². The molecule has 0 spiro atoms. The Kier molecular flexibility index (Phi) is 5.15. The molecule has 0 fully saturated rings. The third-order valence-electron chi connectivity index (χ3n) is 2.23. The highest BCUT2D eigenvalue weighted by Gasteiger charge is 2.15. The van der Waals surface area contributed by atoms with E-state index in [-0.39, 0.29) is 18.1 Å². The SMILES string of the molecule is COc1cc(NCCC(=O)OC(C)(C)C)ccc1F. The summed E-state index contributed by atoms with van der Waals surface area (Å²) < 4.78 is 23.2. The normalized spacial score (nSPS) is 11.0. The zero-order chi connectivity index (χ0) is 14.5. The minimum atomic E-state index is -0.476. The summed E-state index contributed by atoms with van der Waals surface area (Å²) in [7, 11) is 1.41. The Morgan fingerprint density at radius 1 is 1.37 bits per heavy atom. The van der Waals surface area contributed by atoms with E-state index in [1.54, 1.807) is 12.1 Å². The van der Waals surface area contributed by atoms with Crippen LogP contribution >= 0.6 is 0 Å². The van der Waals surface area contributed by atoms with Gasteiger partial charge in [0.05, 0.1) is 13.5 Å². The van der Waals surface area contributed by atoms with Gasteiger partial charge in [0.15, 0.2) is 11.6 Å². The molecule has 0 atom stereocenters. The highest BCUT2D eigenvalue weighted by atomic mass is 19.1. The molecule has 1 N–H and O–H groups in total. The number of benzene rings is 1. The first-order chi connectivity index (χ1) is 8.81. The van der Waals surface area contributed by atoms with Gasteiger partial charge in [0, 0.05) is 18.3 Å². The third-order valence-corrected chi connectivity index (χ3v) is 2.23. The Morgan fingerprint density at radius 2 is 2.05 bits per heavy atom. The molecule has 4 nitrogen and oxygen atoms in total. The lowest BCUT2D eigenvalue weighted by molar-refractivity contribution is -0.154. The van der Waals surface area contributed by atoms with Crippen molar-refractivity contribution < 1.29 is 18.7 Å². The number of nitrogens with one attached hydrogen (secondary N) is 1. The van der Waals surface area contributed by atoms with Gasteiger partial charge < -0.3 is 14.8 Å². The van der Waals surface area contributed by atoms with Crippen molar-refractivity contribution in [2.24, 2.45) is 0 Å². The van der Waals surface area contributed by atoms with E-state index in [0.717, 1.165) is 0 Å². The summed E-state index contributed by atoms with van der Waals surface area (Å²) in [6.07, 6.45) is 0.247. The first-order valence-corrected chi connectivity index (χ1v) is 6.11. The molecule has 106 valence electrons. The van der Waals surface area contributed by atoms with Crippen molar-refractivity contribution in [2.75, 3.05) is 19.0 Å². The molecule has 0 aliphatic heterocycles. The van der Waals surface area contributed by atoms with Gasteiger partial charge in [-0.2, -0.15) is 0 Å². The van der Waals surface area contributed by atoms with Crippen LogP contribution in [-0.2, 0) is 9.53 Å². The van der Waals surface area contributed by atoms with Crippen molar-refractivity contribution in [3.8, 4) is 5.75 Å². The Bertz CT molecular complexity index is 441. The molecule has 0 unspecified atom stereocenters. The van der Waals surface area contributed by atoms with Crippen molar-refractivity contribution in [2.45, 2.75) is 32.8 Å². The molecule has 0 aliphatic rings. The molecule has 19 heavy (non-hydrogen) atoms. The van der Waals surface area contributed by atoms with Gasteiger partial charge in [0.25, 0.3) is 0 Å². The second-order valence-corrected chi connectivity index (χ2v) is 5.11. The van der Waals surface area contributed by atoms with Crippen molar-refractivity contribution >= 4 is 11.7 Å².